The number of fused-ring (bicyclic) bond motifs is 1. The Labute approximate surface area is 124 Å². The average Bonchev–Trinajstić information content (AvgIpc) is 2.49. The Morgan fingerprint density at radius 2 is 1.76 bits per heavy atom. The van der Waals surface area contributed by atoms with Gasteiger partial charge in [-0.3, -0.25) is 4.79 Å². The van der Waals surface area contributed by atoms with E-state index < -0.39 is 11.2 Å². The third-order valence-corrected chi connectivity index (χ3v) is 3.35. The molecule has 1 aromatic heterocycles. The molecule has 1 heterocycles. The van der Waals surface area contributed by atoms with Crippen molar-refractivity contribution >= 4 is 28.7 Å². The van der Waals surface area contributed by atoms with Crippen molar-refractivity contribution in [1.29, 1.82) is 0 Å². The lowest BCUT2D eigenvalue weighted by Crippen LogP contribution is -2.32. The first-order valence-corrected chi connectivity index (χ1v) is 6.57. The third-order valence-electron chi connectivity index (χ3n) is 3.00. The summed E-state index contributed by atoms with van der Waals surface area (Å²) >= 11 is 6.00. The predicted molar refractivity (Wildman–Crippen MR) is 83.3 cm³/mol. The number of hydrogen-bond donors (Lipinski definition) is 1. The van der Waals surface area contributed by atoms with E-state index in [-0.39, 0.29) is 0 Å². The minimum Gasteiger partial charge on any atom is -0.305 e. The summed E-state index contributed by atoms with van der Waals surface area (Å²) in [7, 11) is 0. The summed E-state index contributed by atoms with van der Waals surface area (Å²) in [6, 6.07) is 13.8. The van der Waals surface area contributed by atoms with Gasteiger partial charge in [-0.05, 0) is 18.2 Å². The van der Waals surface area contributed by atoms with Crippen LogP contribution < -0.4 is 11.2 Å². The molecular weight excluding hydrogens is 290 g/mol. The van der Waals surface area contributed by atoms with Crippen molar-refractivity contribution in [2.24, 2.45) is 5.10 Å². The highest BCUT2D eigenvalue weighted by molar-refractivity contribution is 6.33. The number of rotatable bonds is 2. The average molecular weight is 300 g/mol. The van der Waals surface area contributed by atoms with Crippen LogP contribution in [0.2, 0.25) is 5.02 Å². The van der Waals surface area contributed by atoms with Crippen LogP contribution in [-0.4, -0.2) is 15.9 Å². The summed E-state index contributed by atoms with van der Waals surface area (Å²) in [5.74, 6) is 0. The Morgan fingerprint density at radius 3 is 2.57 bits per heavy atom. The van der Waals surface area contributed by atoms with E-state index in [1.807, 2.05) is 0 Å². The zero-order valence-corrected chi connectivity index (χ0v) is 11.5. The van der Waals surface area contributed by atoms with Crippen LogP contribution in [0.5, 0.6) is 0 Å². The number of nitrogens with one attached hydrogen (secondary N) is 1. The molecule has 0 bridgehead atoms. The van der Waals surface area contributed by atoms with Crippen molar-refractivity contribution in [3.63, 3.8) is 0 Å². The molecule has 0 aliphatic rings. The molecule has 0 spiro atoms. The molecule has 6 heteroatoms. The molecule has 2 aromatic carbocycles. The van der Waals surface area contributed by atoms with Crippen LogP contribution in [0.4, 0.5) is 0 Å². The Kier molecular flexibility index (Phi) is 3.41. The van der Waals surface area contributed by atoms with E-state index >= 15 is 0 Å². The largest absolute Gasteiger partial charge is 0.349 e. The van der Waals surface area contributed by atoms with E-state index in [1.165, 1.54) is 6.21 Å². The first-order valence-electron chi connectivity index (χ1n) is 6.20. The monoisotopic (exact) mass is 299 g/mol. The molecule has 0 radical (unpaired) electrons. The molecule has 0 aliphatic carbocycles. The standard InChI is InChI=1S/C15H10ClN3O2/c16-12-7-3-1-5-10(12)9-17-19-14(20)11-6-2-4-8-13(11)18-15(19)21/h1-9H,(H,18,21). The zero-order valence-electron chi connectivity index (χ0n) is 10.8. The van der Waals surface area contributed by atoms with Crippen molar-refractivity contribution in [2.45, 2.75) is 0 Å². The summed E-state index contributed by atoms with van der Waals surface area (Å²) in [4.78, 5) is 26.8. The van der Waals surface area contributed by atoms with Gasteiger partial charge in [0.25, 0.3) is 5.56 Å². The molecule has 5 nitrogen and oxygen atoms in total. The molecule has 0 unspecified atom stereocenters. The van der Waals surface area contributed by atoms with E-state index in [2.05, 4.69) is 10.1 Å². The normalized spacial score (nSPS) is 11.3. The molecule has 0 aliphatic heterocycles. The van der Waals surface area contributed by atoms with Crippen LogP contribution in [0, 0.1) is 0 Å². The highest BCUT2D eigenvalue weighted by Gasteiger charge is 2.05. The molecule has 0 fully saturated rings. The second kappa shape index (κ2) is 5.38. The van der Waals surface area contributed by atoms with Crippen LogP contribution >= 0.6 is 11.6 Å². The number of nitrogens with zero attached hydrogens (tertiary/aromatic N) is 2. The lowest BCUT2D eigenvalue weighted by molar-refractivity contribution is 0.771. The van der Waals surface area contributed by atoms with Gasteiger partial charge in [-0.2, -0.15) is 5.10 Å². The number of aromatic amines is 1. The minimum atomic E-state index is -0.595. The smallest absolute Gasteiger partial charge is 0.305 e. The molecule has 0 atom stereocenters. The molecular formula is C15H10ClN3O2. The Bertz CT molecular complexity index is 957. The lowest BCUT2D eigenvalue weighted by atomic mass is 10.2. The molecule has 21 heavy (non-hydrogen) atoms. The number of aromatic nitrogens is 2. The van der Waals surface area contributed by atoms with Crippen LogP contribution in [0.3, 0.4) is 0 Å². The Hall–Kier alpha value is -2.66. The summed E-state index contributed by atoms with van der Waals surface area (Å²) < 4.78 is 0.783. The second-order valence-corrected chi connectivity index (χ2v) is 4.77. The SMILES string of the molecule is O=c1[nH]c2ccccc2c(=O)n1N=Cc1ccccc1Cl. The van der Waals surface area contributed by atoms with E-state index in [1.54, 1.807) is 48.5 Å². The predicted octanol–water partition coefficient (Wildman–Crippen LogP) is 2.23. The first-order chi connectivity index (χ1) is 10.2. The van der Waals surface area contributed by atoms with Gasteiger partial charge in [0.2, 0.25) is 0 Å². The summed E-state index contributed by atoms with van der Waals surface area (Å²) in [6.45, 7) is 0. The Balaban J connectivity index is 2.16. The fourth-order valence-electron chi connectivity index (χ4n) is 1.96. The first kappa shape index (κ1) is 13.3. The number of hydrogen-bond acceptors (Lipinski definition) is 3. The van der Waals surface area contributed by atoms with E-state index in [0.29, 0.717) is 21.5 Å². The third kappa shape index (κ3) is 2.51. The molecule has 0 amide bonds. The molecule has 104 valence electrons. The van der Waals surface area contributed by atoms with Gasteiger partial charge in [0.15, 0.2) is 0 Å². The van der Waals surface area contributed by atoms with Crippen LogP contribution in [0.25, 0.3) is 10.9 Å². The maximum Gasteiger partial charge on any atom is 0.349 e. The fourth-order valence-corrected chi connectivity index (χ4v) is 2.14. The van der Waals surface area contributed by atoms with Crippen LogP contribution in [-0.2, 0) is 0 Å². The highest BCUT2D eigenvalue weighted by atomic mass is 35.5. The summed E-state index contributed by atoms with van der Waals surface area (Å²) in [5, 5.41) is 4.83. The Morgan fingerprint density at radius 1 is 1.05 bits per heavy atom. The van der Waals surface area contributed by atoms with Gasteiger partial charge in [-0.15, -0.1) is 4.68 Å². The molecule has 3 rings (SSSR count). The molecule has 0 saturated heterocycles. The lowest BCUT2D eigenvalue weighted by Gasteiger charge is -2.01. The number of para-hydroxylation sites is 1. The second-order valence-electron chi connectivity index (χ2n) is 4.36. The van der Waals surface area contributed by atoms with Gasteiger partial charge in [0.1, 0.15) is 0 Å². The highest BCUT2D eigenvalue weighted by Crippen LogP contribution is 2.12. The fraction of sp³-hybridized carbons (Fsp3) is 0. The van der Waals surface area contributed by atoms with Gasteiger partial charge in [0.05, 0.1) is 17.1 Å². The number of H-pyrrole nitrogens is 1. The van der Waals surface area contributed by atoms with Gasteiger partial charge in [-0.25, -0.2) is 4.79 Å². The quantitative estimate of drug-likeness (QED) is 0.737. The molecule has 1 N–H and O–H groups in total. The van der Waals surface area contributed by atoms with E-state index in [0.717, 1.165) is 4.68 Å². The van der Waals surface area contributed by atoms with Gasteiger partial charge in [-0.1, -0.05) is 41.9 Å². The summed E-state index contributed by atoms with van der Waals surface area (Å²) in [5.41, 5.74) is 0.0370. The van der Waals surface area contributed by atoms with Gasteiger partial charge in [0, 0.05) is 10.6 Å². The number of benzene rings is 2. The minimum absolute atomic E-state index is 0.397. The van der Waals surface area contributed by atoms with Crippen molar-refractivity contribution in [2.75, 3.05) is 0 Å². The number of halogens is 1. The maximum atomic E-state index is 12.3. The van der Waals surface area contributed by atoms with E-state index in [4.69, 9.17) is 11.6 Å². The molecule has 0 saturated carbocycles. The topological polar surface area (TPSA) is 67.2 Å². The maximum absolute atomic E-state index is 12.3. The zero-order chi connectivity index (χ0) is 14.8. The van der Waals surface area contributed by atoms with Gasteiger partial charge < -0.3 is 4.98 Å². The molecule has 3 aromatic rings. The van der Waals surface area contributed by atoms with Crippen molar-refractivity contribution in [3.05, 3.63) is 80.0 Å². The van der Waals surface area contributed by atoms with Crippen molar-refractivity contribution < 1.29 is 0 Å². The van der Waals surface area contributed by atoms with Crippen LogP contribution in [0.1, 0.15) is 5.56 Å². The van der Waals surface area contributed by atoms with E-state index in [9.17, 15) is 9.59 Å². The summed E-state index contributed by atoms with van der Waals surface area (Å²) in [6.07, 6.45) is 1.38. The van der Waals surface area contributed by atoms with Crippen LogP contribution in [0.15, 0.2) is 63.2 Å². The van der Waals surface area contributed by atoms with Crippen molar-refractivity contribution in [1.82, 2.24) is 9.66 Å². The van der Waals surface area contributed by atoms with Gasteiger partial charge >= 0.3 is 5.69 Å². The van der Waals surface area contributed by atoms with Crippen molar-refractivity contribution in [3.8, 4) is 0 Å².